The predicted molar refractivity (Wildman–Crippen MR) is 59.3 cm³/mol. The summed E-state index contributed by atoms with van der Waals surface area (Å²) in [4.78, 5) is 4.27. The van der Waals surface area contributed by atoms with E-state index in [2.05, 4.69) is 36.9 Å². The summed E-state index contributed by atoms with van der Waals surface area (Å²) in [7, 11) is 0. The zero-order valence-electron chi connectivity index (χ0n) is 9.44. The van der Waals surface area contributed by atoms with Gasteiger partial charge in [0.05, 0.1) is 6.20 Å². The molecule has 3 nitrogen and oxygen atoms in total. The van der Waals surface area contributed by atoms with Crippen LogP contribution in [0, 0.1) is 0 Å². The van der Waals surface area contributed by atoms with E-state index in [0.29, 0.717) is 0 Å². The Morgan fingerprint density at radius 2 is 2.07 bits per heavy atom. The highest BCUT2D eigenvalue weighted by Gasteiger charge is 2.19. The van der Waals surface area contributed by atoms with Gasteiger partial charge < -0.3 is 0 Å². The molecule has 0 N–H and O–H groups in total. The molecule has 0 bridgehead atoms. The van der Waals surface area contributed by atoms with Crippen LogP contribution < -0.4 is 0 Å². The van der Waals surface area contributed by atoms with Crippen LogP contribution in [0.25, 0.3) is 0 Å². The molecule has 0 aliphatic carbocycles. The summed E-state index contributed by atoms with van der Waals surface area (Å²) >= 11 is 0. The first kappa shape index (κ1) is 10.0. The summed E-state index contributed by atoms with van der Waals surface area (Å²) in [5.74, 6) is 0. The van der Waals surface area contributed by atoms with Gasteiger partial charge in [0.2, 0.25) is 0 Å². The first-order valence-corrected chi connectivity index (χ1v) is 5.16. The van der Waals surface area contributed by atoms with Crippen molar-refractivity contribution in [2.24, 2.45) is 5.11 Å². The van der Waals surface area contributed by atoms with E-state index in [9.17, 15) is 0 Å². The van der Waals surface area contributed by atoms with Gasteiger partial charge in [0.15, 0.2) is 6.54 Å². The fraction of sp³-hybridized carbons (Fsp3) is 0.417. The summed E-state index contributed by atoms with van der Waals surface area (Å²) in [6.45, 7) is 7.41. The molecular weight excluding hydrogens is 186 g/mol. The monoisotopic (exact) mass is 202 g/mol. The number of rotatable bonds is 1. The van der Waals surface area contributed by atoms with Gasteiger partial charge in [-0.2, -0.15) is 0 Å². The molecule has 0 saturated heterocycles. The number of nitrogens with zero attached hydrogens (tertiary/aromatic N) is 3. The average molecular weight is 202 g/mol. The molecule has 0 atom stereocenters. The fourth-order valence-corrected chi connectivity index (χ4v) is 1.47. The molecule has 0 unspecified atom stereocenters. The van der Waals surface area contributed by atoms with Crippen molar-refractivity contribution >= 4 is 5.69 Å². The average Bonchev–Trinajstić information content (AvgIpc) is 2.69. The minimum Gasteiger partial charge on any atom is -0.257 e. The Bertz CT molecular complexity index is 425. The number of pyridine rings is 1. The molecule has 0 aromatic carbocycles. The summed E-state index contributed by atoms with van der Waals surface area (Å²) in [5, 5.41) is 4.24. The lowest BCUT2D eigenvalue weighted by molar-refractivity contribution is -0.492. The first-order valence-electron chi connectivity index (χ1n) is 5.16. The van der Waals surface area contributed by atoms with Crippen LogP contribution in [0.1, 0.15) is 26.3 Å². The van der Waals surface area contributed by atoms with Crippen molar-refractivity contribution in [3.05, 3.63) is 36.3 Å². The minimum absolute atomic E-state index is 0.135. The number of azo groups is 2. The molecule has 1 aliphatic heterocycles. The van der Waals surface area contributed by atoms with E-state index in [1.54, 1.807) is 0 Å². The van der Waals surface area contributed by atoms with Gasteiger partial charge >= 0.3 is 0 Å². The van der Waals surface area contributed by atoms with Crippen LogP contribution in [-0.4, -0.2) is 16.2 Å². The summed E-state index contributed by atoms with van der Waals surface area (Å²) in [5.41, 5.74) is 2.44. The van der Waals surface area contributed by atoms with Crippen molar-refractivity contribution in [1.82, 2.24) is 4.98 Å². The van der Waals surface area contributed by atoms with Gasteiger partial charge in [0.1, 0.15) is 6.20 Å². The molecule has 2 heterocycles. The molecule has 1 aromatic heterocycles. The highest BCUT2D eigenvalue weighted by atomic mass is 15.3. The second kappa shape index (κ2) is 3.57. The van der Waals surface area contributed by atoms with E-state index in [1.165, 1.54) is 5.56 Å². The van der Waals surface area contributed by atoms with Crippen LogP contribution in [-0.2, 0) is 5.41 Å². The Morgan fingerprint density at radius 3 is 2.67 bits per heavy atom. The summed E-state index contributed by atoms with van der Waals surface area (Å²) < 4.78 is 1.95. The van der Waals surface area contributed by atoms with Crippen LogP contribution in [0.2, 0.25) is 0 Å². The Labute approximate surface area is 90.2 Å². The van der Waals surface area contributed by atoms with E-state index >= 15 is 0 Å². The molecule has 0 saturated carbocycles. The quantitative estimate of drug-likeness (QED) is 0.643. The van der Waals surface area contributed by atoms with E-state index in [0.717, 1.165) is 12.2 Å². The third-order valence-electron chi connectivity index (χ3n) is 2.48. The predicted octanol–water partition coefficient (Wildman–Crippen LogP) is 3.00. The topological polar surface area (TPSA) is 28.3 Å². The third kappa shape index (κ3) is 2.12. The van der Waals surface area contributed by atoms with Crippen molar-refractivity contribution in [2.75, 3.05) is 6.54 Å². The van der Waals surface area contributed by atoms with Crippen LogP contribution >= 0.6 is 0 Å². The molecule has 2 rings (SSSR count). The van der Waals surface area contributed by atoms with Crippen molar-refractivity contribution in [1.29, 1.82) is 0 Å². The molecular formula is C12H16N3+. The highest BCUT2D eigenvalue weighted by molar-refractivity contribution is 5.33. The molecule has 0 amide bonds. The van der Waals surface area contributed by atoms with Gasteiger partial charge in [0, 0.05) is 18.3 Å². The zero-order valence-corrected chi connectivity index (χ0v) is 9.44. The van der Waals surface area contributed by atoms with E-state index in [4.69, 9.17) is 0 Å². The van der Waals surface area contributed by atoms with Crippen molar-refractivity contribution in [3.8, 4) is 0 Å². The highest BCUT2D eigenvalue weighted by Crippen LogP contribution is 2.25. The van der Waals surface area contributed by atoms with Gasteiger partial charge in [0.25, 0.3) is 5.69 Å². The molecule has 1 aromatic rings. The lowest BCUT2D eigenvalue weighted by Crippen LogP contribution is -2.12. The standard InChI is InChI=1S/C12H16N3/c1-12(2,3)10-7-11(9-13-8-10)15-6-4-5-14-15/h4-5,7-9H,6H2,1-3H3/q+1. The van der Waals surface area contributed by atoms with Gasteiger partial charge in [-0.25, -0.2) is 0 Å². The van der Waals surface area contributed by atoms with Crippen molar-refractivity contribution in [2.45, 2.75) is 26.2 Å². The Hall–Kier alpha value is -1.51. The maximum atomic E-state index is 4.27. The van der Waals surface area contributed by atoms with Crippen LogP contribution in [0.4, 0.5) is 5.69 Å². The second-order valence-electron chi connectivity index (χ2n) is 4.76. The fourth-order valence-electron chi connectivity index (χ4n) is 1.47. The lowest BCUT2D eigenvalue weighted by atomic mass is 9.88. The third-order valence-corrected chi connectivity index (χ3v) is 2.48. The molecule has 0 fully saturated rings. The van der Waals surface area contributed by atoms with E-state index in [-0.39, 0.29) is 5.41 Å². The summed E-state index contributed by atoms with van der Waals surface area (Å²) in [6.07, 6.45) is 7.63. The number of hydrogen-bond acceptors (Lipinski definition) is 2. The van der Waals surface area contributed by atoms with Crippen molar-refractivity contribution < 1.29 is 4.70 Å². The zero-order chi connectivity index (χ0) is 10.9. The van der Waals surface area contributed by atoms with Crippen molar-refractivity contribution in [3.63, 3.8) is 0 Å². The number of aromatic nitrogens is 1. The first-order chi connectivity index (χ1) is 7.07. The normalized spacial score (nSPS) is 15.5. The molecule has 3 heteroatoms. The Kier molecular flexibility index (Phi) is 2.39. The minimum atomic E-state index is 0.135. The maximum absolute atomic E-state index is 4.27. The lowest BCUT2D eigenvalue weighted by Gasteiger charge is -2.17. The molecule has 0 spiro atoms. The molecule has 15 heavy (non-hydrogen) atoms. The SMILES string of the molecule is CC(C)(C)c1cncc([N+]2=NC=CC2)c1. The van der Waals surface area contributed by atoms with Gasteiger partial charge in [-0.1, -0.05) is 25.5 Å². The van der Waals surface area contributed by atoms with Crippen LogP contribution in [0.15, 0.2) is 35.9 Å². The van der Waals surface area contributed by atoms with E-state index in [1.807, 2.05) is 29.4 Å². The van der Waals surface area contributed by atoms with Gasteiger partial charge in [-0.05, 0) is 16.1 Å². The Balaban J connectivity index is 2.35. The second-order valence-corrected chi connectivity index (χ2v) is 4.76. The molecule has 1 aliphatic rings. The van der Waals surface area contributed by atoms with Crippen LogP contribution in [0.3, 0.4) is 0 Å². The number of hydrogen-bond donors (Lipinski definition) is 0. The van der Waals surface area contributed by atoms with Gasteiger partial charge in [-0.3, -0.25) is 4.98 Å². The summed E-state index contributed by atoms with van der Waals surface area (Å²) in [6, 6.07) is 2.16. The van der Waals surface area contributed by atoms with Crippen LogP contribution in [0.5, 0.6) is 0 Å². The molecule has 0 radical (unpaired) electrons. The smallest absolute Gasteiger partial charge is 0.250 e. The Morgan fingerprint density at radius 1 is 1.27 bits per heavy atom. The largest absolute Gasteiger partial charge is 0.257 e. The van der Waals surface area contributed by atoms with Gasteiger partial charge in [-0.15, -0.1) is 0 Å². The van der Waals surface area contributed by atoms with E-state index < -0.39 is 0 Å². The maximum Gasteiger partial charge on any atom is 0.250 e. The molecule has 78 valence electrons.